The zero-order chi connectivity index (χ0) is 13.7. The molecule has 2 nitrogen and oxygen atoms in total. The Hall–Kier alpha value is -1.17. The molecule has 1 aromatic heterocycles. The monoisotopic (exact) mass is 274 g/mol. The molecule has 0 aromatic carbocycles. The minimum absolute atomic E-state index is 0.0827. The van der Waals surface area contributed by atoms with Gasteiger partial charge in [0.05, 0.1) is 0 Å². The van der Waals surface area contributed by atoms with Gasteiger partial charge in [0.25, 0.3) is 0 Å². The van der Waals surface area contributed by atoms with Crippen LogP contribution in [0, 0.1) is 11.3 Å². The van der Waals surface area contributed by atoms with Crippen LogP contribution >= 0.6 is 0 Å². The maximum Gasteiger partial charge on any atom is 0.433 e. The third-order valence-corrected chi connectivity index (χ3v) is 4.20. The van der Waals surface area contributed by atoms with Crippen molar-refractivity contribution in [2.24, 2.45) is 11.3 Å². The van der Waals surface area contributed by atoms with Gasteiger partial charge in [-0.3, -0.25) is 4.98 Å². The standard InChI is InChI=1S/C13H14F4N2/c14-11(9-3-12(4-9)6-18-7-12)8-1-2-10(19-5-8)13(15,16)17/h1-2,5,9,11,18H,3-4,6-7H2. The molecule has 1 unspecified atom stereocenters. The van der Waals surface area contributed by atoms with Gasteiger partial charge in [0.2, 0.25) is 0 Å². The van der Waals surface area contributed by atoms with Crippen molar-refractivity contribution >= 4 is 0 Å². The molecular weight excluding hydrogens is 260 g/mol. The van der Waals surface area contributed by atoms with Crippen molar-refractivity contribution in [1.29, 1.82) is 0 Å². The van der Waals surface area contributed by atoms with Gasteiger partial charge in [0.1, 0.15) is 11.9 Å². The first-order chi connectivity index (χ1) is 8.90. The molecule has 19 heavy (non-hydrogen) atoms. The zero-order valence-corrected chi connectivity index (χ0v) is 10.2. The summed E-state index contributed by atoms with van der Waals surface area (Å²) in [5.74, 6) is -0.0827. The lowest BCUT2D eigenvalue weighted by atomic mass is 9.57. The lowest BCUT2D eigenvalue weighted by Gasteiger charge is -2.55. The van der Waals surface area contributed by atoms with Crippen molar-refractivity contribution < 1.29 is 17.6 Å². The molecule has 1 saturated heterocycles. The smallest absolute Gasteiger partial charge is 0.316 e. The van der Waals surface area contributed by atoms with E-state index in [2.05, 4.69) is 10.3 Å². The van der Waals surface area contributed by atoms with Gasteiger partial charge in [-0.25, -0.2) is 4.39 Å². The largest absolute Gasteiger partial charge is 0.433 e. The van der Waals surface area contributed by atoms with Gasteiger partial charge in [-0.2, -0.15) is 13.2 Å². The summed E-state index contributed by atoms with van der Waals surface area (Å²) in [7, 11) is 0. The SMILES string of the molecule is FC(c1ccc(C(F)(F)F)nc1)C1CC2(CNC2)C1. The second kappa shape index (κ2) is 4.16. The van der Waals surface area contributed by atoms with Crippen LogP contribution < -0.4 is 5.32 Å². The minimum atomic E-state index is -4.47. The molecule has 1 aliphatic carbocycles. The summed E-state index contributed by atoms with van der Waals surface area (Å²) < 4.78 is 51.2. The molecule has 1 aromatic rings. The highest BCUT2D eigenvalue weighted by atomic mass is 19.4. The second-order valence-corrected chi connectivity index (χ2v) is 5.65. The van der Waals surface area contributed by atoms with Crippen LogP contribution in [0.3, 0.4) is 0 Å². The average molecular weight is 274 g/mol. The fraction of sp³-hybridized carbons (Fsp3) is 0.615. The van der Waals surface area contributed by atoms with E-state index in [-0.39, 0.29) is 16.9 Å². The number of rotatable bonds is 2. The molecule has 1 saturated carbocycles. The number of hydrogen-bond donors (Lipinski definition) is 1. The van der Waals surface area contributed by atoms with Crippen LogP contribution in [0.1, 0.15) is 30.3 Å². The molecule has 1 N–H and O–H groups in total. The minimum Gasteiger partial charge on any atom is -0.316 e. The maximum absolute atomic E-state index is 14.2. The van der Waals surface area contributed by atoms with Gasteiger partial charge in [-0.15, -0.1) is 0 Å². The van der Waals surface area contributed by atoms with E-state index in [0.29, 0.717) is 0 Å². The molecule has 2 aliphatic rings. The van der Waals surface area contributed by atoms with E-state index in [1.807, 2.05) is 0 Å². The highest BCUT2D eigenvalue weighted by Crippen LogP contribution is 2.53. The first-order valence-corrected chi connectivity index (χ1v) is 6.28. The van der Waals surface area contributed by atoms with Gasteiger partial charge in [0, 0.05) is 24.8 Å². The van der Waals surface area contributed by atoms with Crippen LogP contribution in [0.2, 0.25) is 0 Å². The highest BCUT2D eigenvalue weighted by molar-refractivity contribution is 5.20. The predicted octanol–water partition coefficient (Wildman–Crippen LogP) is 3.11. The predicted molar refractivity (Wildman–Crippen MR) is 61.1 cm³/mol. The molecule has 1 spiro atoms. The Bertz CT molecular complexity index is 457. The van der Waals surface area contributed by atoms with Gasteiger partial charge >= 0.3 is 6.18 Å². The first kappa shape index (κ1) is 12.8. The topological polar surface area (TPSA) is 24.9 Å². The number of aromatic nitrogens is 1. The van der Waals surface area contributed by atoms with Crippen LogP contribution in [0.15, 0.2) is 18.3 Å². The molecule has 3 rings (SSSR count). The number of halogens is 4. The Morgan fingerprint density at radius 2 is 1.95 bits per heavy atom. The van der Waals surface area contributed by atoms with E-state index in [9.17, 15) is 17.6 Å². The molecule has 1 aliphatic heterocycles. The Kier molecular flexibility index (Phi) is 2.81. The molecule has 2 heterocycles. The fourth-order valence-corrected chi connectivity index (χ4v) is 3.04. The number of nitrogens with zero attached hydrogens (tertiary/aromatic N) is 1. The fourth-order valence-electron chi connectivity index (χ4n) is 3.04. The average Bonchev–Trinajstić information content (AvgIpc) is 2.24. The lowest BCUT2D eigenvalue weighted by molar-refractivity contribution is -0.141. The van der Waals surface area contributed by atoms with Crippen molar-refractivity contribution in [3.05, 3.63) is 29.6 Å². The zero-order valence-electron chi connectivity index (χ0n) is 10.2. The van der Waals surface area contributed by atoms with E-state index in [1.54, 1.807) is 0 Å². The van der Waals surface area contributed by atoms with Crippen molar-refractivity contribution in [3.63, 3.8) is 0 Å². The summed E-state index contributed by atoms with van der Waals surface area (Å²) in [5.41, 5.74) is -0.467. The Morgan fingerprint density at radius 3 is 2.37 bits per heavy atom. The third kappa shape index (κ3) is 2.22. The summed E-state index contributed by atoms with van der Waals surface area (Å²) in [6.07, 6.45) is -3.05. The first-order valence-electron chi connectivity index (χ1n) is 6.28. The van der Waals surface area contributed by atoms with Crippen LogP contribution in [0.4, 0.5) is 17.6 Å². The van der Waals surface area contributed by atoms with E-state index in [1.165, 1.54) is 6.07 Å². The number of nitrogens with one attached hydrogen (secondary N) is 1. The Morgan fingerprint density at radius 1 is 1.26 bits per heavy atom. The van der Waals surface area contributed by atoms with Gasteiger partial charge < -0.3 is 5.32 Å². The molecule has 0 radical (unpaired) electrons. The van der Waals surface area contributed by atoms with Crippen molar-refractivity contribution in [2.75, 3.05) is 13.1 Å². The molecule has 0 amide bonds. The van der Waals surface area contributed by atoms with E-state index >= 15 is 0 Å². The van der Waals surface area contributed by atoms with E-state index < -0.39 is 18.0 Å². The number of pyridine rings is 1. The molecule has 1 atom stereocenters. The molecular formula is C13H14F4N2. The van der Waals surface area contributed by atoms with Crippen molar-refractivity contribution in [1.82, 2.24) is 10.3 Å². The Labute approximate surface area is 108 Å². The maximum atomic E-state index is 14.2. The molecule has 6 heteroatoms. The van der Waals surface area contributed by atoms with Crippen molar-refractivity contribution in [2.45, 2.75) is 25.2 Å². The van der Waals surface area contributed by atoms with Gasteiger partial charge in [0.15, 0.2) is 0 Å². The quantitative estimate of drug-likeness (QED) is 0.838. The van der Waals surface area contributed by atoms with Crippen LogP contribution in [-0.2, 0) is 6.18 Å². The Balaban J connectivity index is 1.66. The third-order valence-electron chi connectivity index (χ3n) is 4.20. The van der Waals surface area contributed by atoms with Gasteiger partial charge in [-0.05, 0) is 30.2 Å². The summed E-state index contributed by atoms with van der Waals surface area (Å²) in [6.45, 7) is 1.86. The van der Waals surface area contributed by atoms with E-state index in [0.717, 1.165) is 38.2 Å². The van der Waals surface area contributed by atoms with Gasteiger partial charge in [-0.1, -0.05) is 6.07 Å². The van der Waals surface area contributed by atoms with E-state index in [4.69, 9.17) is 0 Å². The van der Waals surface area contributed by atoms with Crippen LogP contribution in [-0.4, -0.2) is 18.1 Å². The molecule has 104 valence electrons. The summed E-state index contributed by atoms with van der Waals surface area (Å²) in [6, 6.07) is 2.05. The number of alkyl halides is 4. The van der Waals surface area contributed by atoms with Crippen LogP contribution in [0.5, 0.6) is 0 Å². The summed E-state index contributed by atoms with van der Waals surface area (Å²) in [4.78, 5) is 3.30. The normalized spacial score (nSPS) is 23.8. The highest BCUT2D eigenvalue weighted by Gasteiger charge is 2.51. The number of hydrogen-bond acceptors (Lipinski definition) is 2. The van der Waals surface area contributed by atoms with Crippen molar-refractivity contribution in [3.8, 4) is 0 Å². The second-order valence-electron chi connectivity index (χ2n) is 5.65. The summed E-state index contributed by atoms with van der Waals surface area (Å²) >= 11 is 0. The molecule has 2 fully saturated rings. The van der Waals surface area contributed by atoms with Crippen LogP contribution in [0.25, 0.3) is 0 Å². The lowest BCUT2D eigenvalue weighted by Crippen LogP contribution is -2.60. The molecule has 0 bridgehead atoms. The summed E-state index contributed by atoms with van der Waals surface area (Å²) in [5, 5.41) is 3.17.